The zero-order valence-corrected chi connectivity index (χ0v) is 19.0. The number of nitrogens with zero attached hydrogens (tertiary/aromatic N) is 4. The molecule has 0 amide bonds. The van der Waals surface area contributed by atoms with Crippen LogP contribution in [0.1, 0.15) is 31.1 Å². The molecule has 7 nitrogen and oxygen atoms in total. The van der Waals surface area contributed by atoms with Crippen LogP contribution in [0.15, 0.2) is 52.3 Å². The highest BCUT2D eigenvalue weighted by atomic mass is 32.2. The van der Waals surface area contributed by atoms with Gasteiger partial charge < -0.3 is 10.5 Å². The lowest BCUT2D eigenvalue weighted by Crippen LogP contribution is -2.25. The third kappa shape index (κ3) is 4.03. The fourth-order valence-electron chi connectivity index (χ4n) is 3.51. The lowest BCUT2D eigenvalue weighted by molar-refractivity contribution is 0.593. The SMILES string of the molecule is Cc1cccc(SNc2ccc(-c3cc4cnc(N)nc4n(C(C)C)c3=O)c(C)n2)c1F. The summed E-state index contributed by atoms with van der Waals surface area (Å²) in [6.07, 6.45) is 1.62. The number of anilines is 2. The predicted octanol–water partition coefficient (Wildman–Crippen LogP) is 4.89. The Bertz CT molecular complexity index is 1390. The van der Waals surface area contributed by atoms with Gasteiger partial charge in [-0.15, -0.1) is 0 Å². The number of hydrogen-bond donors (Lipinski definition) is 2. The molecular weight excluding hydrogens is 427 g/mol. The van der Waals surface area contributed by atoms with Crippen molar-refractivity contribution < 1.29 is 4.39 Å². The van der Waals surface area contributed by atoms with Gasteiger partial charge in [-0.1, -0.05) is 12.1 Å². The molecule has 164 valence electrons. The van der Waals surface area contributed by atoms with E-state index in [4.69, 9.17) is 5.73 Å². The summed E-state index contributed by atoms with van der Waals surface area (Å²) in [4.78, 5) is 26.7. The van der Waals surface area contributed by atoms with E-state index in [-0.39, 0.29) is 23.4 Å². The molecule has 0 fully saturated rings. The second kappa shape index (κ2) is 8.58. The van der Waals surface area contributed by atoms with Gasteiger partial charge in [0.15, 0.2) is 0 Å². The van der Waals surface area contributed by atoms with Crippen molar-refractivity contribution in [2.24, 2.45) is 0 Å². The summed E-state index contributed by atoms with van der Waals surface area (Å²) >= 11 is 1.16. The van der Waals surface area contributed by atoms with Gasteiger partial charge in [-0.3, -0.25) is 9.36 Å². The number of aryl methyl sites for hydroxylation is 2. The first kappa shape index (κ1) is 21.8. The first-order valence-corrected chi connectivity index (χ1v) is 10.9. The Hall–Kier alpha value is -3.46. The number of rotatable bonds is 5. The van der Waals surface area contributed by atoms with Crippen LogP contribution in [0.2, 0.25) is 0 Å². The number of benzene rings is 1. The quantitative estimate of drug-likeness (QED) is 0.418. The molecule has 0 saturated carbocycles. The second-order valence-corrected chi connectivity index (χ2v) is 8.60. The molecule has 0 saturated heterocycles. The number of halogens is 1. The van der Waals surface area contributed by atoms with E-state index in [0.29, 0.717) is 38.7 Å². The topological polar surface area (TPSA) is 98.7 Å². The third-order valence-electron chi connectivity index (χ3n) is 5.11. The van der Waals surface area contributed by atoms with E-state index < -0.39 is 0 Å². The van der Waals surface area contributed by atoms with Crippen LogP contribution in [0.3, 0.4) is 0 Å². The monoisotopic (exact) mass is 450 g/mol. The van der Waals surface area contributed by atoms with Crippen LogP contribution in [-0.4, -0.2) is 19.5 Å². The molecule has 0 aliphatic rings. The molecule has 3 heterocycles. The summed E-state index contributed by atoms with van der Waals surface area (Å²) in [6, 6.07) is 10.5. The number of hydrogen-bond acceptors (Lipinski definition) is 7. The molecule has 0 spiro atoms. The van der Waals surface area contributed by atoms with E-state index in [9.17, 15) is 9.18 Å². The molecule has 4 aromatic rings. The number of pyridine rings is 2. The highest BCUT2D eigenvalue weighted by Crippen LogP contribution is 2.28. The molecular formula is C23H23FN6OS. The Morgan fingerprint density at radius 1 is 1.12 bits per heavy atom. The normalized spacial score (nSPS) is 11.3. The van der Waals surface area contributed by atoms with Crippen LogP contribution in [0.5, 0.6) is 0 Å². The van der Waals surface area contributed by atoms with Crippen molar-refractivity contribution >= 4 is 34.7 Å². The van der Waals surface area contributed by atoms with Gasteiger partial charge in [0.1, 0.15) is 17.3 Å². The summed E-state index contributed by atoms with van der Waals surface area (Å²) in [5.41, 5.74) is 8.54. The minimum Gasteiger partial charge on any atom is -0.368 e. The van der Waals surface area contributed by atoms with Crippen molar-refractivity contribution in [3.05, 3.63) is 70.0 Å². The van der Waals surface area contributed by atoms with Crippen molar-refractivity contribution in [2.75, 3.05) is 10.5 Å². The Balaban J connectivity index is 1.72. The molecule has 4 rings (SSSR count). The maximum absolute atomic E-state index is 14.2. The average Bonchev–Trinajstić information content (AvgIpc) is 2.74. The lowest BCUT2D eigenvalue weighted by atomic mass is 10.0. The first-order chi connectivity index (χ1) is 15.3. The summed E-state index contributed by atoms with van der Waals surface area (Å²) in [5, 5.41) is 0.717. The van der Waals surface area contributed by atoms with Crippen LogP contribution >= 0.6 is 11.9 Å². The molecule has 32 heavy (non-hydrogen) atoms. The average molecular weight is 451 g/mol. The van der Waals surface area contributed by atoms with Crippen molar-refractivity contribution in [3.8, 4) is 11.1 Å². The van der Waals surface area contributed by atoms with Gasteiger partial charge in [0.2, 0.25) is 5.95 Å². The number of fused-ring (bicyclic) bond motifs is 1. The molecule has 9 heteroatoms. The van der Waals surface area contributed by atoms with Gasteiger partial charge in [-0.05, 0) is 69.5 Å². The van der Waals surface area contributed by atoms with E-state index in [0.717, 1.165) is 17.3 Å². The van der Waals surface area contributed by atoms with Crippen LogP contribution < -0.4 is 16.0 Å². The largest absolute Gasteiger partial charge is 0.368 e. The Kier molecular flexibility index (Phi) is 5.84. The lowest BCUT2D eigenvalue weighted by Gasteiger charge is -2.16. The van der Waals surface area contributed by atoms with Crippen molar-refractivity contribution in [2.45, 2.75) is 38.6 Å². The van der Waals surface area contributed by atoms with Gasteiger partial charge in [0, 0.05) is 34.4 Å². The third-order valence-corrected chi connectivity index (χ3v) is 5.95. The molecule has 1 aromatic carbocycles. The Morgan fingerprint density at radius 3 is 2.62 bits per heavy atom. The Morgan fingerprint density at radius 2 is 1.91 bits per heavy atom. The number of nitrogens with two attached hydrogens (primary N) is 1. The molecule has 0 aliphatic heterocycles. The minimum atomic E-state index is -0.258. The van der Waals surface area contributed by atoms with Crippen LogP contribution in [0.4, 0.5) is 16.2 Å². The fourth-order valence-corrected chi connectivity index (χ4v) is 4.24. The number of nitrogens with one attached hydrogen (secondary N) is 1. The van der Waals surface area contributed by atoms with Gasteiger partial charge >= 0.3 is 0 Å². The molecule has 3 aromatic heterocycles. The summed E-state index contributed by atoms with van der Waals surface area (Å²) in [6.45, 7) is 7.40. The van der Waals surface area contributed by atoms with Crippen LogP contribution in [0.25, 0.3) is 22.2 Å². The highest BCUT2D eigenvalue weighted by Gasteiger charge is 2.17. The first-order valence-electron chi connectivity index (χ1n) is 10.1. The van der Waals surface area contributed by atoms with Gasteiger partial charge in [-0.25, -0.2) is 14.4 Å². The molecule has 0 bridgehead atoms. The predicted molar refractivity (Wildman–Crippen MR) is 127 cm³/mol. The zero-order valence-electron chi connectivity index (χ0n) is 18.2. The summed E-state index contributed by atoms with van der Waals surface area (Å²) in [5.74, 6) is 0.430. The van der Waals surface area contributed by atoms with E-state index in [2.05, 4.69) is 19.7 Å². The van der Waals surface area contributed by atoms with Gasteiger partial charge in [0.25, 0.3) is 5.56 Å². The molecule has 0 atom stereocenters. The summed E-state index contributed by atoms with van der Waals surface area (Å²) < 4.78 is 18.9. The van der Waals surface area contributed by atoms with E-state index in [1.807, 2.05) is 26.8 Å². The zero-order chi connectivity index (χ0) is 23.0. The summed E-state index contributed by atoms with van der Waals surface area (Å²) in [7, 11) is 0. The highest BCUT2D eigenvalue weighted by molar-refractivity contribution is 8.00. The van der Waals surface area contributed by atoms with Crippen LogP contribution in [0, 0.1) is 19.7 Å². The molecule has 3 N–H and O–H groups in total. The standard InChI is InChI=1S/C23H23FN6OS/c1-12(2)30-21-15(11-26-23(25)28-21)10-17(22(30)31)16-8-9-19(27-14(16)4)29-32-18-7-5-6-13(3)20(18)24/h5-12H,1-4H3,(H,27,29)(H2,25,26,28). The van der Waals surface area contributed by atoms with E-state index >= 15 is 0 Å². The van der Waals surface area contributed by atoms with E-state index in [1.54, 1.807) is 48.0 Å². The molecule has 0 aliphatic carbocycles. The van der Waals surface area contributed by atoms with Crippen molar-refractivity contribution in [1.82, 2.24) is 19.5 Å². The van der Waals surface area contributed by atoms with Gasteiger partial charge in [-0.2, -0.15) is 4.98 Å². The van der Waals surface area contributed by atoms with Crippen molar-refractivity contribution in [3.63, 3.8) is 0 Å². The van der Waals surface area contributed by atoms with Crippen LogP contribution in [-0.2, 0) is 0 Å². The molecule has 0 radical (unpaired) electrons. The Labute approximate surface area is 189 Å². The number of nitrogen functional groups attached to an aromatic ring is 1. The van der Waals surface area contributed by atoms with Crippen molar-refractivity contribution in [1.29, 1.82) is 0 Å². The maximum Gasteiger partial charge on any atom is 0.260 e. The van der Waals surface area contributed by atoms with Gasteiger partial charge in [0.05, 0.1) is 4.90 Å². The number of aromatic nitrogens is 4. The molecule has 0 unspecified atom stereocenters. The smallest absolute Gasteiger partial charge is 0.260 e. The second-order valence-electron chi connectivity index (χ2n) is 7.75. The fraction of sp³-hybridized carbons (Fsp3) is 0.217. The minimum absolute atomic E-state index is 0.117. The van der Waals surface area contributed by atoms with E-state index in [1.165, 1.54) is 0 Å². The maximum atomic E-state index is 14.2.